The van der Waals surface area contributed by atoms with E-state index in [2.05, 4.69) is 30.6 Å². The first-order chi connectivity index (χ1) is 13.7. The molecule has 0 aromatic heterocycles. The van der Waals surface area contributed by atoms with Gasteiger partial charge in [0, 0.05) is 11.5 Å². The SMILES string of the molecule is CCC(C)(C#N)NC(=O)C1=C[C@@]2(C)C(CC[C@@H]3[C@H]2CC[C@]2(C)CCC[C@@H]32)NC1=O. The van der Waals surface area contributed by atoms with Crippen molar-refractivity contribution >= 4 is 11.8 Å². The first-order valence-corrected chi connectivity index (χ1v) is 11.4. The van der Waals surface area contributed by atoms with Crippen molar-refractivity contribution in [1.29, 1.82) is 5.26 Å². The summed E-state index contributed by atoms with van der Waals surface area (Å²) in [5.41, 5.74) is -0.467. The van der Waals surface area contributed by atoms with E-state index in [0.717, 1.165) is 12.3 Å². The number of nitriles is 1. The van der Waals surface area contributed by atoms with E-state index >= 15 is 0 Å². The van der Waals surface area contributed by atoms with Gasteiger partial charge in [-0.25, -0.2) is 0 Å². The lowest BCUT2D eigenvalue weighted by Crippen LogP contribution is -2.61. The fraction of sp³-hybridized carbons (Fsp3) is 0.792. The molecule has 2 N–H and O–H groups in total. The summed E-state index contributed by atoms with van der Waals surface area (Å²) in [5, 5.41) is 15.4. The third-order valence-electron chi connectivity index (χ3n) is 9.15. The number of carbonyl (C=O) groups is 2. The van der Waals surface area contributed by atoms with Gasteiger partial charge in [-0.15, -0.1) is 0 Å². The standard InChI is InChI=1S/C24H35N3O2/c1-5-23(3,14-25)27-21(29)16-13-24(4)18-10-12-22(2)11-6-7-17(22)15(18)8-9-19(24)26-20(16)28/h13,15,17-19H,5-12H2,1-4H3,(H,26,28)(H,27,29)/t15-,17-,18+,19?,22-,23?,24+/m0/s1. The van der Waals surface area contributed by atoms with E-state index in [0.29, 0.717) is 23.7 Å². The molecule has 0 aromatic rings. The Hall–Kier alpha value is -1.83. The predicted molar refractivity (Wildman–Crippen MR) is 111 cm³/mol. The van der Waals surface area contributed by atoms with E-state index in [1.54, 1.807) is 6.92 Å². The molecule has 0 aromatic carbocycles. The Morgan fingerprint density at radius 3 is 2.72 bits per heavy atom. The van der Waals surface area contributed by atoms with Gasteiger partial charge >= 0.3 is 0 Å². The highest BCUT2D eigenvalue weighted by Gasteiger charge is 2.58. The second kappa shape index (κ2) is 6.86. The molecule has 0 radical (unpaired) electrons. The molecule has 1 heterocycles. The quantitative estimate of drug-likeness (QED) is 0.710. The molecular weight excluding hydrogens is 362 g/mol. The van der Waals surface area contributed by atoms with E-state index in [-0.39, 0.29) is 22.9 Å². The largest absolute Gasteiger partial charge is 0.348 e. The highest BCUT2D eigenvalue weighted by atomic mass is 16.2. The average molecular weight is 398 g/mol. The van der Waals surface area contributed by atoms with E-state index in [1.807, 2.05) is 13.0 Å². The maximum absolute atomic E-state index is 13.0. The molecule has 0 bridgehead atoms. The van der Waals surface area contributed by atoms with Crippen molar-refractivity contribution in [3.63, 3.8) is 0 Å². The monoisotopic (exact) mass is 397 g/mol. The van der Waals surface area contributed by atoms with Gasteiger partial charge in [-0.05, 0) is 75.0 Å². The van der Waals surface area contributed by atoms with Gasteiger partial charge in [0.25, 0.3) is 11.8 Å². The predicted octanol–water partition coefficient (Wildman–Crippen LogP) is 3.85. The molecule has 29 heavy (non-hydrogen) atoms. The van der Waals surface area contributed by atoms with E-state index in [4.69, 9.17) is 0 Å². The molecule has 7 atom stereocenters. The first kappa shape index (κ1) is 20.4. The van der Waals surface area contributed by atoms with Crippen LogP contribution in [0.1, 0.15) is 79.1 Å². The maximum atomic E-state index is 13.0. The Morgan fingerprint density at radius 1 is 1.28 bits per heavy atom. The zero-order chi connectivity index (χ0) is 21.0. The van der Waals surface area contributed by atoms with E-state index < -0.39 is 11.4 Å². The molecule has 3 saturated carbocycles. The number of amides is 2. The Bertz CT molecular complexity index is 798. The number of fused-ring (bicyclic) bond motifs is 5. The normalized spacial score (nSPS) is 42.9. The zero-order valence-corrected chi connectivity index (χ0v) is 18.3. The van der Waals surface area contributed by atoms with Crippen LogP contribution in [0, 0.1) is 39.9 Å². The van der Waals surface area contributed by atoms with Gasteiger partial charge in [-0.2, -0.15) is 5.26 Å². The number of carbonyl (C=O) groups excluding carboxylic acids is 2. The average Bonchev–Trinajstić information content (AvgIpc) is 3.09. The van der Waals surface area contributed by atoms with Crippen molar-refractivity contribution in [2.24, 2.45) is 28.6 Å². The van der Waals surface area contributed by atoms with Crippen molar-refractivity contribution in [1.82, 2.24) is 10.6 Å². The van der Waals surface area contributed by atoms with Crippen molar-refractivity contribution in [3.8, 4) is 6.07 Å². The van der Waals surface area contributed by atoms with Crippen molar-refractivity contribution in [2.45, 2.75) is 90.6 Å². The second-order valence-corrected chi connectivity index (χ2v) is 10.7. The Kier molecular flexibility index (Phi) is 4.83. The van der Waals surface area contributed by atoms with Crippen molar-refractivity contribution in [2.75, 3.05) is 0 Å². The van der Waals surface area contributed by atoms with Crippen LogP contribution in [-0.4, -0.2) is 23.4 Å². The molecular formula is C24H35N3O2. The van der Waals surface area contributed by atoms with Gasteiger partial charge < -0.3 is 10.6 Å². The molecule has 1 aliphatic heterocycles. The van der Waals surface area contributed by atoms with Crippen LogP contribution >= 0.6 is 0 Å². The lowest BCUT2D eigenvalue weighted by atomic mass is 9.48. The van der Waals surface area contributed by atoms with Crippen LogP contribution < -0.4 is 10.6 Å². The summed E-state index contributed by atoms with van der Waals surface area (Å²) in [4.78, 5) is 25.7. The van der Waals surface area contributed by atoms with Gasteiger partial charge in [0.1, 0.15) is 11.1 Å². The second-order valence-electron chi connectivity index (χ2n) is 10.7. The summed E-state index contributed by atoms with van der Waals surface area (Å²) < 4.78 is 0. The number of nitrogens with zero attached hydrogens (tertiary/aromatic N) is 1. The zero-order valence-electron chi connectivity index (χ0n) is 18.3. The molecule has 4 aliphatic rings. The third kappa shape index (κ3) is 3.10. The summed E-state index contributed by atoms with van der Waals surface area (Å²) in [6.07, 6.45) is 11.1. The highest BCUT2D eigenvalue weighted by molar-refractivity contribution is 6.19. The summed E-state index contributed by atoms with van der Waals surface area (Å²) in [6, 6.07) is 2.27. The molecule has 2 unspecified atom stereocenters. The summed E-state index contributed by atoms with van der Waals surface area (Å²) in [6.45, 7) is 8.31. The lowest BCUT2D eigenvalue weighted by Gasteiger charge is -2.58. The minimum Gasteiger partial charge on any atom is -0.348 e. The smallest absolute Gasteiger partial charge is 0.257 e. The lowest BCUT2D eigenvalue weighted by molar-refractivity contribution is -0.128. The number of hydrogen-bond donors (Lipinski definition) is 2. The number of nitrogens with one attached hydrogen (secondary N) is 2. The Balaban J connectivity index is 1.65. The minimum absolute atomic E-state index is 0.104. The fourth-order valence-corrected chi connectivity index (χ4v) is 7.11. The summed E-state index contributed by atoms with van der Waals surface area (Å²) >= 11 is 0. The summed E-state index contributed by atoms with van der Waals surface area (Å²) in [7, 11) is 0. The minimum atomic E-state index is -0.957. The van der Waals surface area contributed by atoms with Crippen LogP contribution in [0.15, 0.2) is 11.6 Å². The van der Waals surface area contributed by atoms with Crippen molar-refractivity contribution in [3.05, 3.63) is 11.6 Å². The Morgan fingerprint density at radius 2 is 2.03 bits per heavy atom. The summed E-state index contributed by atoms with van der Waals surface area (Å²) in [5.74, 6) is 1.27. The van der Waals surface area contributed by atoms with E-state index in [9.17, 15) is 14.9 Å². The van der Waals surface area contributed by atoms with Crippen molar-refractivity contribution < 1.29 is 9.59 Å². The van der Waals surface area contributed by atoms with Gasteiger partial charge in [0.2, 0.25) is 0 Å². The van der Waals surface area contributed by atoms with Gasteiger partial charge in [-0.1, -0.05) is 33.3 Å². The third-order valence-corrected chi connectivity index (χ3v) is 9.15. The Labute approximate surface area is 174 Å². The maximum Gasteiger partial charge on any atom is 0.257 e. The molecule has 2 amide bonds. The molecule has 3 aliphatic carbocycles. The van der Waals surface area contributed by atoms with Crippen LogP contribution in [0.4, 0.5) is 0 Å². The topological polar surface area (TPSA) is 82.0 Å². The van der Waals surface area contributed by atoms with Crippen LogP contribution in [0.5, 0.6) is 0 Å². The molecule has 4 rings (SSSR count). The molecule has 158 valence electrons. The molecule has 0 saturated heterocycles. The number of hydrogen-bond acceptors (Lipinski definition) is 3. The molecule has 3 fully saturated rings. The fourth-order valence-electron chi connectivity index (χ4n) is 7.11. The van der Waals surface area contributed by atoms with Crippen LogP contribution in [-0.2, 0) is 9.59 Å². The molecule has 5 heteroatoms. The first-order valence-electron chi connectivity index (χ1n) is 11.4. The van der Waals surface area contributed by atoms with Crippen LogP contribution in [0.3, 0.4) is 0 Å². The van der Waals surface area contributed by atoms with Crippen LogP contribution in [0.25, 0.3) is 0 Å². The number of rotatable bonds is 3. The molecule has 0 spiro atoms. The van der Waals surface area contributed by atoms with Gasteiger partial charge in [0.05, 0.1) is 6.07 Å². The van der Waals surface area contributed by atoms with Crippen LogP contribution in [0.2, 0.25) is 0 Å². The van der Waals surface area contributed by atoms with E-state index in [1.165, 1.54) is 38.5 Å². The van der Waals surface area contributed by atoms with Gasteiger partial charge in [-0.3, -0.25) is 9.59 Å². The molecule has 5 nitrogen and oxygen atoms in total. The highest BCUT2D eigenvalue weighted by Crippen LogP contribution is 2.63. The van der Waals surface area contributed by atoms with Gasteiger partial charge in [0.15, 0.2) is 0 Å².